The van der Waals surface area contributed by atoms with Gasteiger partial charge in [-0.15, -0.1) is 11.8 Å². The van der Waals surface area contributed by atoms with Crippen LogP contribution in [0.5, 0.6) is 0 Å². The molecule has 0 spiro atoms. The Balaban J connectivity index is 1.62. The SMILES string of the molecule is CN(CC(=O)NC1CC1)C(=O)COC(=O)CSc1ccccc1. The summed E-state index contributed by atoms with van der Waals surface area (Å²) in [6, 6.07) is 9.73. The van der Waals surface area contributed by atoms with E-state index in [0.717, 1.165) is 17.7 Å². The lowest BCUT2D eigenvalue weighted by Gasteiger charge is -2.16. The molecule has 124 valence electrons. The summed E-state index contributed by atoms with van der Waals surface area (Å²) in [6.45, 7) is -0.368. The molecule has 1 aromatic carbocycles. The average Bonchev–Trinajstić information content (AvgIpc) is 3.35. The fraction of sp³-hybridized carbons (Fsp3) is 0.438. The Morgan fingerprint density at radius 2 is 1.96 bits per heavy atom. The van der Waals surface area contributed by atoms with Crippen LogP contribution in [0.2, 0.25) is 0 Å². The summed E-state index contributed by atoms with van der Waals surface area (Å²) in [5.41, 5.74) is 0. The van der Waals surface area contributed by atoms with E-state index in [1.54, 1.807) is 0 Å². The van der Waals surface area contributed by atoms with Crippen LogP contribution in [0.15, 0.2) is 35.2 Å². The van der Waals surface area contributed by atoms with Crippen molar-refractivity contribution in [3.05, 3.63) is 30.3 Å². The van der Waals surface area contributed by atoms with Gasteiger partial charge in [-0.2, -0.15) is 0 Å². The van der Waals surface area contributed by atoms with E-state index in [-0.39, 0.29) is 30.9 Å². The summed E-state index contributed by atoms with van der Waals surface area (Å²) >= 11 is 1.35. The molecule has 2 amide bonds. The Bertz CT molecular complexity index is 560. The van der Waals surface area contributed by atoms with Crippen LogP contribution in [0.1, 0.15) is 12.8 Å². The van der Waals surface area contributed by atoms with E-state index in [1.807, 2.05) is 30.3 Å². The number of benzene rings is 1. The molecule has 6 nitrogen and oxygen atoms in total. The van der Waals surface area contributed by atoms with Crippen molar-refractivity contribution in [2.75, 3.05) is 26.0 Å². The normalized spacial score (nSPS) is 13.3. The minimum absolute atomic E-state index is 0.0222. The fourth-order valence-electron chi connectivity index (χ4n) is 1.76. The molecule has 1 N–H and O–H groups in total. The quantitative estimate of drug-likeness (QED) is 0.567. The molecular weight excluding hydrogens is 316 g/mol. The maximum Gasteiger partial charge on any atom is 0.316 e. The van der Waals surface area contributed by atoms with Gasteiger partial charge in [-0.3, -0.25) is 14.4 Å². The molecule has 0 bridgehead atoms. The molecule has 0 atom stereocenters. The number of carbonyl (C=O) groups excluding carboxylic acids is 3. The summed E-state index contributed by atoms with van der Waals surface area (Å²) in [4.78, 5) is 37.3. The van der Waals surface area contributed by atoms with Gasteiger partial charge in [0.15, 0.2) is 6.61 Å². The number of carbonyl (C=O) groups is 3. The lowest BCUT2D eigenvalue weighted by molar-refractivity contribution is -0.149. The first-order chi connectivity index (χ1) is 11.0. The highest BCUT2D eigenvalue weighted by atomic mass is 32.2. The standard InChI is InChI=1S/C16H20N2O4S/c1-18(9-14(19)17-12-7-8-12)15(20)10-22-16(21)11-23-13-5-3-2-4-6-13/h2-6,12H,7-11H2,1H3,(H,17,19). The second-order valence-electron chi connectivity index (χ2n) is 5.35. The van der Waals surface area contributed by atoms with E-state index in [0.29, 0.717) is 0 Å². The van der Waals surface area contributed by atoms with Gasteiger partial charge in [-0.25, -0.2) is 0 Å². The van der Waals surface area contributed by atoms with Crippen LogP contribution in [-0.2, 0) is 19.1 Å². The van der Waals surface area contributed by atoms with Crippen LogP contribution in [0.3, 0.4) is 0 Å². The summed E-state index contributed by atoms with van der Waals surface area (Å²) in [7, 11) is 1.52. The molecule has 7 heteroatoms. The number of hydrogen-bond acceptors (Lipinski definition) is 5. The number of rotatable bonds is 8. The molecule has 0 saturated heterocycles. The van der Waals surface area contributed by atoms with Gasteiger partial charge < -0.3 is 15.0 Å². The van der Waals surface area contributed by atoms with Crippen molar-refractivity contribution in [2.45, 2.75) is 23.8 Å². The highest BCUT2D eigenvalue weighted by molar-refractivity contribution is 8.00. The van der Waals surface area contributed by atoms with Crippen LogP contribution in [0.4, 0.5) is 0 Å². The third-order valence-electron chi connectivity index (χ3n) is 3.21. The van der Waals surface area contributed by atoms with Gasteiger partial charge in [0, 0.05) is 18.0 Å². The first-order valence-corrected chi connectivity index (χ1v) is 8.40. The zero-order valence-electron chi connectivity index (χ0n) is 13.0. The van der Waals surface area contributed by atoms with Crippen molar-refractivity contribution < 1.29 is 19.1 Å². The second-order valence-corrected chi connectivity index (χ2v) is 6.40. The number of nitrogens with zero attached hydrogens (tertiary/aromatic N) is 1. The average molecular weight is 336 g/mol. The number of ether oxygens (including phenoxy) is 1. The number of thioether (sulfide) groups is 1. The molecule has 1 aliphatic carbocycles. The summed E-state index contributed by atoms with van der Waals surface area (Å²) in [5, 5.41) is 2.80. The Morgan fingerprint density at radius 3 is 2.61 bits per heavy atom. The molecule has 2 rings (SSSR count). The predicted molar refractivity (Wildman–Crippen MR) is 86.9 cm³/mol. The van der Waals surface area contributed by atoms with Gasteiger partial charge in [-0.05, 0) is 25.0 Å². The summed E-state index contributed by atoms with van der Waals surface area (Å²) in [5.74, 6) is -0.894. The molecule has 0 heterocycles. The molecule has 0 aliphatic heterocycles. The lowest BCUT2D eigenvalue weighted by Crippen LogP contribution is -2.40. The summed E-state index contributed by atoms with van der Waals surface area (Å²) < 4.78 is 4.94. The Kier molecular flexibility index (Phi) is 6.46. The van der Waals surface area contributed by atoms with Crippen molar-refractivity contribution in [1.29, 1.82) is 0 Å². The van der Waals surface area contributed by atoms with Crippen molar-refractivity contribution in [3.8, 4) is 0 Å². The highest BCUT2D eigenvalue weighted by Gasteiger charge is 2.24. The van der Waals surface area contributed by atoms with Crippen LogP contribution < -0.4 is 5.32 Å². The van der Waals surface area contributed by atoms with Crippen LogP contribution in [0.25, 0.3) is 0 Å². The van der Waals surface area contributed by atoms with Gasteiger partial charge in [-0.1, -0.05) is 18.2 Å². The topological polar surface area (TPSA) is 75.7 Å². The van der Waals surface area contributed by atoms with E-state index >= 15 is 0 Å². The third kappa shape index (κ3) is 6.73. The first kappa shape index (κ1) is 17.3. The lowest BCUT2D eigenvalue weighted by atomic mass is 10.4. The van der Waals surface area contributed by atoms with E-state index < -0.39 is 11.9 Å². The molecule has 1 aliphatic rings. The molecule has 0 unspecified atom stereocenters. The summed E-state index contributed by atoms with van der Waals surface area (Å²) in [6.07, 6.45) is 2.00. The smallest absolute Gasteiger partial charge is 0.316 e. The van der Waals surface area contributed by atoms with Gasteiger partial charge in [0.05, 0.1) is 12.3 Å². The molecule has 1 aromatic rings. The monoisotopic (exact) mass is 336 g/mol. The Morgan fingerprint density at radius 1 is 1.26 bits per heavy atom. The van der Waals surface area contributed by atoms with Gasteiger partial charge in [0.1, 0.15) is 0 Å². The largest absolute Gasteiger partial charge is 0.455 e. The number of esters is 1. The van der Waals surface area contributed by atoms with Gasteiger partial charge in [0.2, 0.25) is 5.91 Å². The highest BCUT2D eigenvalue weighted by Crippen LogP contribution is 2.18. The number of nitrogens with one attached hydrogen (secondary N) is 1. The van der Waals surface area contributed by atoms with Crippen molar-refractivity contribution in [1.82, 2.24) is 10.2 Å². The van der Waals surface area contributed by atoms with Gasteiger partial charge in [0.25, 0.3) is 5.91 Å². The minimum atomic E-state index is -0.456. The van der Waals surface area contributed by atoms with E-state index in [9.17, 15) is 14.4 Å². The third-order valence-corrected chi connectivity index (χ3v) is 4.19. The fourth-order valence-corrected chi connectivity index (χ4v) is 2.48. The molecule has 1 saturated carbocycles. The molecular formula is C16H20N2O4S. The Labute approximate surface area is 139 Å². The molecule has 23 heavy (non-hydrogen) atoms. The second kappa shape index (κ2) is 8.57. The van der Waals surface area contributed by atoms with E-state index in [2.05, 4.69) is 5.32 Å². The number of hydrogen-bond donors (Lipinski definition) is 1. The van der Waals surface area contributed by atoms with E-state index in [4.69, 9.17) is 4.74 Å². The predicted octanol–water partition coefficient (Wildman–Crippen LogP) is 1.06. The van der Waals surface area contributed by atoms with Crippen molar-refractivity contribution in [2.24, 2.45) is 0 Å². The van der Waals surface area contributed by atoms with Crippen LogP contribution >= 0.6 is 11.8 Å². The minimum Gasteiger partial charge on any atom is -0.455 e. The zero-order chi connectivity index (χ0) is 16.7. The molecule has 1 fully saturated rings. The maximum atomic E-state index is 11.8. The Hall–Kier alpha value is -2.02. The maximum absolute atomic E-state index is 11.8. The number of amides is 2. The van der Waals surface area contributed by atoms with Crippen LogP contribution in [-0.4, -0.2) is 54.7 Å². The molecule has 0 radical (unpaired) electrons. The van der Waals surface area contributed by atoms with Gasteiger partial charge >= 0.3 is 5.97 Å². The number of likely N-dealkylation sites (N-methyl/N-ethyl adjacent to an activating group) is 1. The first-order valence-electron chi connectivity index (χ1n) is 7.41. The van der Waals surface area contributed by atoms with Crippen LogP contribution in [0, 0.1) is 0 Å². The van der Waals surface area contributed by atoms with E-state index in [1.165, 1.54) is 23.7 Å². The molecule has 0 aromatic heterocycles. The van der Waals surface area contributed by atoms with Crippen molar-refractivity contribution >= 4 is 29.5 Å². The zero-order valence-corrected chi connectivity index (χ0v) is 13.8. The van der Waals surface area contributed by atoms with Crippen molar-refractivity contribution in [3.63, 3.8) is 0 Å².